The Morgan fingerprint density at radius 2 is 2.23 bits per heavy atom. The quantitative estimate of drug-likeness (QED) is 0.846. The Balaban J connectivity index is 1.88. The molecule has 120 valence electrons. The van der Waals surface area contributed by atoms with Gasteiger partial charge in [-0.05, 0) is 38.3 Å². The van der Waals surface area contributed by atoms with Crippen molar-refractivity contribution in [3.05, 3.63) is 29.3 Å². The van der Waals surface area contributed by atoms with Gasteiger partial charge in [-0.2, -0.15) is 0 Å². The Morgan fingerprint density at radius 1 is 1.45 bits per heavy atom. The number of benzene rings is 1. The van der Waals surface area contributed by atoms with Crippen molar-refractivity contribution in [1.82, 2.24) is 10.2 Å². The average Bonchev–Trinajstić information content (AvgIpc) is 2.92. The Hall–Kier alpha value is -2.04. The first kappa shape index (κ1) is 16.3. The molecule has 1 aromatic rings. The van der Waals surface area contributed by atoms with Gasteiger partial charge in [0.05, 0.1) is 5.56 Å². The zero-order valence-corrected chi connectivity index (χ0v) is 13.3. The fraction of sp³-hybridized carbons (Fsp3) is 0.529. The van der Waals surface area contributed by atoms with E-state index in [0.29, 0.717) is 18.5 Å². The topological polar surface area (TPSA) is 69.6 Å². The van der Waals surface area contributed by atoms with Crippen LogP contribution in [0.4, 0.5) is 0 Å². The summed E-state index contributed by atoms with van der Waals surface area (Å²) in [5, 5.41) is 12.6. The van der Waals surface area contributed by atoms with Gasteiger partial charge in [-0.25, -0.2) is 0 Å². The highest BCUT2D eigenvalue weighted by atomic mass is 16.3. The molecule has 1 fully saturated rings. The van der Waals surface area contributed by atoms with E-state index in [0.717, 1.165) is 31.4 Å². The fourth-order valence-electron chi connectivity index (χ4n) is 2.91. The van der Waals surface area contributed by atoms with Gasteiger partial charge in [0.25, 0.3) is 5.91 Å². The molecule has 1 atom stereocenters. The molecule has 5 heteroatoms. The summed E-state index contributed by atoms with van der Waals surface area (Å²) in [4.78, 5) is 25.8. The number of likely N-dealkylation sites (tertiary alicyclic amines) is 1. The van der Waals surface area contributed by atoms with Crippen LogP contribution < -0.4 is 5.32 Å². The highest BCUT2D eigenvalue weighted by Gasteiger charge is 2.26. The van der Waals surface area contributed by atoms with Crippen molar-refractivity contribution in [2.24, 2.45) is 0 Å². The van der Waals surface area contributed by atoms with Gasteiger partial charge in [-0.3, -0.25) is 9.59 Å². The lowest BCUT2D eigenvalue weighted by atomic mass is 10.1. The summed E-state index contributed by atoms with van der Waals surface area (Å²) in [5.74, 6) is -0.0665. The summed E-state index contributed by atoms with van der Waals surface area (Å²) in [6, 6.07) is 5.15. The SMILES string of the molecule is CC[C@@H](CCNC(=O)c1cc(C)ccc1O)N1CCCC1=O. The molecule has 2 N–H and O–H groups in total. The molecular formula is C17H24N2O3. The maximum absolute atomic E-state index is 12.1. The third kappa shape index (κ3) is 3.78. The maximum atomic E-state index is 12.1. The third-order valence-corrected chi connectivity index (χ3v) is 4.18. The minimum absolute atomic E-state index is 0.00939. The standard InChI is InChI=1S/C17H24N2O3/c1-3-13(19-10-4-5-16(19)21)8-9-18-17(22)14-11-12(2)6-7-15(14)20/h6-7,11,13,20H,3-5,8-10H2,1-2H3,(H,18,22)/t13-/m0/s1. The van der Waals surface area contributed by atoms with Gasteiger partial charge in [-0.15, -0.1) is 0 Å². The smallest absolute Gasteiger partial charge is 0.255 e. The highest BCUT2D eigenvalue weighted by molar-refractivity contribution is 5.96. The van der Waals surface area contributed by atoms with Crippen LogP contribution in [0.3, 0.4) is 0 Å². The summed E-state index contributed by atoms with van der Waals surface area (Å²) in [6.45, 7) is 5.26. The van der Waals surface area contributed by atoms with E-state index < -0.39 is 0 Å². The lowest BCUT2D eigenvalue weighted by molar-refractivity contribution is -0.129. The van der Waals surface area contributed by atoms with E-state index in [9.17, 15) is 14.7 Å². The number of nitrogens with one attached hydrogen (secondary N) is 1. The number of carbonyl (C=O) groups excluding carboxylic acids is 2. The first-order chi connectivity index (χ1) is 10.5. The number of hydrogen-bond donors (Lipinski definition) is 2. The van der Waals surface area contributed by atoms with Crippen LogP contribution in [0, 0.1) is 6.92 Å². The van der Waals surface area contributed by atoms with Crippen molar-refractivity contribution in [2.75, 3.05) is 13.1 Å². The molecular weight excluding hydrogens is 280 g/mol. The van der Waals surface area contributed by atoms with Crippen molar-refractivity contribution >= 4 is 11.8 Å². The van der Waals surface area contributed by atoms with E-state index in [4.69, 9.17) is 0 Å². The first-order valence-corrected chi connectivity index (χ1v) is 7.90. The zero-order valence-electron chi connectivity index (χ0n) is 13.3. The van der Waals surface area contributed by atoms with E-state index in [1.165, 1.54) is 6.07 Å². The molecule has 0 radical (unpaired) electrons. The molecule has 1 saturated heterocycles. The second kappa shape index (κ2) is 7.29. The summed E-state index contributed by atoms with van der Waals surface area (Å²) in [7, 11) is 0. The molecule has 0 saturated carbocycles. The van der Waals surface area contributed by atoms with Gasteiger partial charge < -0.3 is 15.3 Å². The monoisotopic (exact) mass is 304 g/mol. The number of nitrogens with zero attached hydrogens (tertiary/aromatic N) is 1. The van der Waals surface area contributed by atoms with Crippen molar-refractivity contribution in [3.63, 3.8) is 0 Å². The molecule has 1 heterocycles. The van der Waals surface area contributed by atoms with Crippen LogP contribution in [0.25, 0.3) is 0 Å². The molecule has 0 spiro atoms. The number of rotatable bonds is 6. The van der Waals surface area contributed by atoms with E-state index >= 15 is 0 Å². The summed E-state index contributed by atoms with van der Waals surface area (Å²) in [6.07, 6.45) is 3.19. The molecule has 0 aromatic heterocycles. The molecule has 0 unspecified atom stereocenters. The van der Waals surface area contributed by atoms with Gasteiger partial charge >= 0.3 is 0 Å². The zero-order chi connectivity index (χ0) is 16.1. The second-order valence-electron chi connectivity index (χ2n) is 5.82. The number of hydrogen-bond acceptors (Lipinski definition) is 3. The van der Waals surface area contributed by atoms with E-state index in [1.54, 1.807) is 12.1 Å². The number of carbonyl (C=O) groups is 2. The van der Waals surface area contributed by atoms with Gasteiger partial charge in [0.1, 0.15) is 5.75 Å². The Morgan fingerprint density at radius 3 is 2.86 bits per heavy atom. The highest BCUT2D eigenvalue weighted by Crippen LogP contribution is 2.19. The van der Waals surface area contributed by atoms with Crippen LogP contribution in [0.5, 0.6) is 5.75 Å². The Labute approximate surface area is 131 Å². The van der Waals surface area contributed by atoms with Crippen LogP contribution in [0.15, 0.2) is 18.2 Å². The van der Waals surface area contributed by atoms with E-state index in [1.807, 2.05) is 11.8 Å². The molecule has 2 rings (SSSR count). The van der Waals surface area contributed by atoms with Gasteiger partial charge in [0, 0.05) is 25.6 Å². The van der Waals surface area contributed by atoms with E-state index in [-0.39, 0.29) is 23.6 Å². The number of aryl methyl sites for hydroxylation is 1. The predicted octanol–water partition coefficient (Wildman–Crippen LogP) is 2.22. The molecule has 5 nitrogen and oxygen atoms in total. The second-order valence-corrected chi connectivity index (χ2v) is 5.82. The van der Waals surface area contributed by atoms with Crippen molar-refractivity contribution in [1.29, 1.82) is 0 Å². The first-order valence-electron chi connectivity index (χ1n) is 7.90. The normalized spacial score (nSPS) is 15.9. The number of phenols is 1. The van der Waals surface area contributed by atoms with Crippen LogP contribution in [-0.2, 0) is 4.79 Å². The summed E-state index contributed by atoms with van der Waals surface area (Å²) in [5.41, 5.74) is 1.22. The van der Waals surface area contributed by atoms with Gasteiger partial charge in [-0.1, -0.05) is 18.6 Å². The lowest BCUT2D eigenvalue weighted by Gasteiger charge is -2.26. The summed E-state index contributed by atoms with van der Waals surface area (Å²) >= 11 is 0. The Kier molecular flexibility index (Phi) is 5.41. The third-order valence-electron chi connectivity index (χ3n) is 4.18. The molecule has 0 bridgehead atoms. The van der Waals surface area contributed by atoms with Crippen molar-refractivity contribution in [2.45, 2.75) is 45.6 Å². The largest absolute Gasteiger partial charge is 0.507 e. The number of phenolic OH excluding ortho intramolecular Hbond substituents is 1. The Bertz CT molecular complexity index is 557. The number of amides is 2. The number of aromatic hydroxyl groups is 1. The van der Waals surface area contributed by atoms with Crippen LogP contribution in [-0.4, -0.2) is 41.0 Å². The van der Waals surface area contributed by atoms with Crippen molar-refractivity contribution in [3.8, 4) is 5.75 Å². The van der Waals surface area contributed by atoms with Gasteiger partial charge in [0.15, 0.2) is 0 Å². The maximum Gasteiger partial charge on any atom is 0.255 e. The predicted molar refractivity (Wildman–Crippen MR) is 84.8 cm³/mol. The summed E-state index contributed by atoms with van der Waals surface area (Å²) < 4.78 is 0. The van der Waals surface area contributed by atoms with Crippen molar-refractivity contribution < 1.29 is 14.7 Å². The van der Waals surface area contributed by atoms with Crippen LogP contribution in [0.1, 0.15) is 48.5 Å². The molecule has 1 aliphatic heterocycles. The molecule has 22 heavy (non-hydrogen) atoms. The average molecular weight is 304 g/mol. The fourth-order valence-corrected chi connectivity index (χ4v) is 2.91. The molecule has 1 aromatic carbocycles. The van der Waals surface area contributed by atoms with Gasteiger partial charge in [0.2, 0.25) is 5.91 Å². The molecule has 2 amide bonds. The minimum Gasteiger partial charge on any atom is -0.507 e. The van der Waals surface area contributed by atoms with Crippen LogP contribution >= 0.6 is 0 Å². The molecule has 0 aliphatic carbocycles. The molecule has 1 aliphatic rings. The van der Waals surface area contributed by atoms with Crippen LogP contribution in [0.2, 0.25) is 0 Å². The lowest BCUT2D eigenvalue weighted by Crippen LogP contribution is -2.38. The minimum atomic E-state index is -0.274. The van der Waals surface area contributed by atoms with E-state index in [2.05, 4.69) is 12.2 Å².